The molecule has 3 heteroatoms. The van der Waals surface area contributed by atoms with E-state index in [0.29, 0.717) is 6.42 Å². The van der Waals surface area contributed by atoms with Crippen molar-refractivity contribution in [1.29, 1.82) is 0 Å². The van der Waals surface area contributed by atoms with Gasteiger partial charge in [-0.05, 0) is 19.3 Å². The molecule has 0 radical (unpaired) electrons. The van der Waals surface area contributed by atoms with Crippen LogP contribution in [0.5, 0.6) is 0 Å². The van der Waals surface area contributed by atoms with Gasteiger partial charge in [0.2, 0.25) is 0 Å². The normalized spacial score (nSPS) is 16.3. The van der Waals surface area contributed by atoms with Gasteiger partial charge in [-0.1, -0.05) is 13.8 Å². The largest absolute Gasteiger partial charge is 0.396 e. The first kappa shape index (κ1) is 11.1. The van der Waals surface area contributed by atoms with E-state index >= 15 is 0 Å². The molecule has 11 heavy (non-hydrogen) atoms. The van der Waals surface area contributed by atoms with Crippen LogP contribution in [0.3, 0.4) is 0 Å². The Morgan fingerprint density at radius 3 is 2.45 bits per heavy atom. The molecular weight excluding hydrogens is 160 g/mol. The van der Waals surface area contributed by atoms with E-state index in [2.05, 4.69) is 0 Å². The van der Waals surface area contributed by atoms with Crippen molar-refractivity contribution in [1.82, 2.24) is 0 Å². The summed E-state index contributed by atoms with van der Waals surface area (Å²) in [6.07, 6.45) is 2.56. The van der Waals surface area contributed by atoms with Gasteiger partial charge in [-0.25, -0.2) is 0 Å². The van der Waals surface area contributed by atoms with E-state index in [9.17, 15) is 4.21 Å². The van der Waals surface area contributed by atoms with Crippen LogP contribution < -0.4 is 0 Å². The van der Waals surface area contributed by atoms with Crippen LogP contribution in [0.15, 0.2) is 0 Å². The minimum Gasteiger partial charge on any atom is -0.396 e. The Morgan fingerprint density at radius 2 is 2.09 bits per heavy atom. The van der Waals surface area contributed by atoms with Gasteiger partial charge < -0.3 is 5.11 Å². The molecule has 0 aromatic rings. The zero-order valence-corrected chi connectivity index (χ0v) is 8.19. The van der Waals surface area contributed by atoms with Gasteiger partial charge in [0, 0.05) is 28.4 Å². The Hall–Kier alpha value is 0.110. The molecule has 0 aromatic heterocycles. The van der Waals surface area contributed by atoms with Crippen LogP contribution in [0, 0.1) is 0 Å². The molecule has 0 fully saturated rings. The lowest BCUT2D eigenvalue weighted by molar-refractivity contribution is 0.285. The molecule has 0 rings (SSSR count). The first-order valence-corrected chi connectivity index (χ1v) is 5.62. The van der Waals surface area contributed by atoms with Gasteiger partial charge in [0.05, 0.1) is 0 Å². The molecule has 2 nitrogen and oxygen atoms in total. The van der Waals surface area contributed by atoms with E-state index in [1.165, 1.54) is 0 Å². The van der Waals surface area contributed by atoms with E-state index in [4.69, 9.17) is 5.11 Å². The first-order valence-electron chi connectivity index (χ1n) is 4.24. The zero-order valence-electron chi connectivity index (χ0n) is 7.38. The maximum atomic E-state index is 11.4. The fourth-order valence-corrected chi connectivity index (χ4v) is 2.51. The molecule has 0 aliphatic carbocycles. The van der Waals surface area contributed by atoms with Gasteiger partial charge in [-0.3, -0.25) is 4.21 Å². The van der Waals surface area contributed by atoms with E-state index < -0.39 is 10.8 Å². The van der Waals surface area contributed by atoms with Gasteiger partial charge >= 0.3 is 0 Å². The fourth-order valence-electron chi connectivity index (χ4n) is 1.03. The number of hydrogen-bond donors (Lipinski definition) is 1. The molecule has 2 atom stereocenters. The lowest BCUT2D eigenvalue weighted by Crippen LogP contribution is -2.17. The van der Waals surface area contributed by atoms with E-state index in [1.54, 1.807) is 0 Å². The number of rotatable bonds is 6. The summed E-state index contributed by atoms with van der Waals surface area (Å²) in [5.74, 6) is 0.776. The van der Waals surface area contributed by atoms with Gasteiger partial charge in [-0.2, -0.15) is 0 Å². The molecule has 0 spiro atoms. The molecule has 0 heterocycles. The molecule has 0 saturated heterocycles. The minimum absolute atomic E-state index is 0.161. The number of aliphatic hydroxyl groups is 1. The summed E-state index contributed by atoms with van der Waals surface area (Å²) in [5.41, 5.74) is 0. The summed E-state index contributed by atoms with van der Waals surface area (Å²) in [6, 6.07) is 0. The topological polar surface area (TPSA) is 37.3 Å². The zero-order chi connectivity index (χ0) is 8.69. The van der Waals surface area contributed by atoms with Crippen molar-refractivity contribution < 1.29 is 9.32 Å². The maximum Gasteiger partial charge on any atom is 0.0442 e. The smallest absolute Gasteiger partial charge is 0.0442 e. The molecule has 0 bridgehead atoms. The second-order valence-electron chi connectivity index (χ2n) is 2.63. The molecule has 0 amide bonds. The van der Waals surface area contributed by atoms with Gasteiger partial charge in [0.1, 0.15) is 0 Å². The summed E-state index contributed by atoms with van der Waals surface area (Å²) in [7, 11) is -0.718. The highest BCUT2D eigenvalue weighted by Gasteiger charge is 2.12. The number of aliphatic hydroxyl groups excluding tert-OH is 1. The fraction of sp³-hybridized carbons (Fsp3) is 1.00. The van der Waals surface area contributed by atoms with E-state index in [0.717, 1.165) is 18.6 Å². The quantitative estimate of drug-likeness (QED) is 0.666. The van der Waals surface area contributed by atoms with Crippen LogP contribution in [0.1, 0.15) is 33.1 Å². The van der Waals surface area contributed by atoms with Crippen LogP contribution in [0.4, 0.5) is 0 Å². The SMILES string of the molecule is CCCS(=O)C(CC)CCO. The third-order valence-corrected chi connectivity index (χ3v) is 3.81. The van der Waals surface area contributed by atoms with Crippen molar-refractivity contribution in [3.05, 3.63) is 0 Å². The standard InChI is InChI=1S/C8H18O2S/c1-3-7-11(10)8(4-2)5-6-9/h8-9H,3-7H2,1-2H3. The highest BCUT2D eigenvalue weighted by molar-refractivity contribution is 7.85. The van der Waals surface area contributed by atoms with Crippen LogP contribution in [-0.4, -0.2) is 26.9 Å². The maximum absolute atomic E-state index is 11.4. The average Bonchev–Trinajstić information content (AvgIpc) is 2.00. The summed E-state index contributed by atoms with van der Waals surface area (Å²) in [4.78, 5) is 0. The number of hydrogen-bond acceptors (Lipinski definition) is 2. The predicted octanol–water partition coefficient (Wildman–Crippen LogP) is 1.31. The molecule has 2 unspecified atom stereocenters. The second kappa shape index (κ2) is 6.80. The highest BCUT2D eigenvalue weighted by atomic mass is 32.2. The Morgan fingerprint density at radius 1 is 1.45 bits per heavy atom. The Balaban J connectivity index is 3.71. The van der Waals surface area contributed by atoms with Crippen LogP contribution in [0.25, 0.3) is 0 Å². The van der Waals surface area contributed by atoms with Crippen molar-refractivity contribution in [2.24, 2.45) is 0 Å². The summed E-state index contributed by atoms with van der Waals surface area (Å²) >= 11 is 0. The van der Waals surface area contributed by atoms with Crippen molar-refractivity contribution in [3.63, 3.8) is 0 Å². The van der Waals surface area contributed by atoms with Crippen LogP contribution in [0.2, 0.25) is 0 Å². The van der Waals surface area contributed by atoms with Crippen molar-refractivity contribution in [2.45, 2.75) is 38.4 Å². The first-order chi connectivity index (χ1) is 5.26. The lowest BCUT2D eigenvalue weighted by Gasteiger charge is -2.11. The molecule has 0 saturated carbocycles. The predicted molar refractivity (Wildman–Crippen MR) is 49.1 cm³/mol. The van der Waals surface area contributed by atoms with Crippen LogP contribution in [-0.2, 0) is 10.8 Å². The van der Waals surface area contributed by atoms with Gasteiger partial charge in [0.25, 0.3) is 0 Å². The third kappa shape index (κ3) is 4.53. The molecule has 0 aliphatic heterocycles. The summed E-state index contributed by atoms with van der Waals surface area (Å²) in [5, 5.41) is 8.86. The molecule has 0 aromatic carbocycles. The lowest BCUT2D eigenvalue weighted by atomic mass is 10.2. The highest BCUT2D eigenvalue weighted by Crippen LogP contribution is 2.07. The monoisotopic (exact) mass is 178 g/mol. The van der Waals surface area contributed by atoms with Gasteiger partial charge in [-0.15, -0.1) is 0 Å². The van der Waals surface area contributed by atoms with Crippen molar-refractivity contribution >= 4 is 10.8 Å². The average molecular weight is 178 g/mol. The Kier molecular flexibility index (Phi) is 6.87. The molecular formula is C8H18O2S. The summed E-state index contributed by atoms with van der Waals surface area (Å²) in [6.45, 7) is 4.21. The molecule has 0 aliphatic rings. The Bertz CT molecular complexity index is 115. The van der Waals surface area contributed by atoms with Crippen molar-refractivity contribution in [2.75, 3.05) is 12.4 Å². The van der Waals surface area contributed by atoms with E-state index in [1.807, 2.05) is 13.8 Å². The third-order valence-electron chi connectivity index (χ3n) is 1.68. The van der Waals surface area contributed by atoms with Crippen LogP contribution >= 0.6 is 0 Å². The molecule has 68 valence electrons. The van der Waals surface area contributed by atoms with Gasteiger partial charge in [0.15, 0.2) is 0 Å². The Labute approximate surface area is 71.5 Å². The van der Waals surface area contributed by atoms with Crippen molar-refractivity contribution in [3.8, 4) is 0 Å². The summed E-state index contributed by atoms with van der Waals surface area (Å²) < 4.78 is 11.4. The van der Waals surface area contributed by atoms with E-state index in [-0.39, 0.29) is 11.9 Å². The minimum atomic E-state index is -0.718. The molecule has 1 N–H and O–H groups in total. The second-order valence-corrected chi connectivity index (χ2v) is 4.46.